The molecule has 0 aliphatic heterocycles. The van der Waals surface area contributed by atoms with E-state index in [9.17, 15) is 22.0 Å². The summed E-state index contributed by atoms with van der Waals surface area (Å²) >= 11 is 0. The topological polar surface area (TPSA) is 89.3 Å². The predicted octanol–water partition coefficient (Wildman–Crippen LogP) is 1.78. The Kier molecular flexibility index (Phi) is 4.74. The number of halogens is 2. The lowest BCUT2D eigenvalue weighted by atomic mass is 9.88. The Labute approximate surface area is 122 Å². The molecule has 5 nitrogen and oxygen atoms in total. The van der Waals surface area contributed by atoms with Gasteiger partial charge < -0.3 is 5.32 Å². The Bertz CT molecular complexity index is 667. The summed E-state index contributed by atoms with van der Waals surface area (Å²) in [5.41, 5.74) is -1.00. The van der Waals surface area contributed by atoms with Crippen molar-refractivity contribution >= 4 is 15.9 Å². The summed E-state index contributed by atoms with van der Waals surface area (Å²) < 4.78 is 49.5. The summed E-state index contributed by atoms with van der Waals surface area (Å²) in [6.07, 6.45) is 0. The van der Waals surface area contributed by atoms with Crippen LogP contribution in [0.3, 0.4) is 0 Å². The van der Waals surface area contributed by atoms with E-state index < -0.39 is 38.0 Å². The largest absolute Gasteiger partial charge is 0.349 e. The van der Waals surface area contributed by atoms with Crippen LogP contribution in [0.25, 0.3) is 0 Å². The molecule has 118 valence electrons. The van der Waals surface area contributed by atoms with E-state index >= 15 is 0 Å². The molecule has 1 unspecified atom stereocenters. The molecule has 0 aliphatic carbocycles. The fourth-order valence-electron chi connectivity index (χ4n) is 1.38. The molecule has 0 spiro atoms. The number of benzene rings is 1. The Hall–Kier alpha value is -1.54. The van der Waals surface area contributed by atoms with Crippen molar-refractivity contribution in [3.8, 4) is 0 Å². The minimum absolute atomic E-state index is 0.303. The van der Waals surface area contributed by atoms with Crippen LogP contribution in [0, 0.1) is 17.0 Å². The van der Waals surface area contributed by atoms with Crippen LogP contribution in [-0.2, 0) is 10.0 Å². The maximum absolute atomic E-state index is 13.7. The van der Waals surface area contributed by atoms with E-state index in [1.165, 1.54) is 0 Å². The van der Waals surface area contributed by atoms with Gasteiger partial charge in [0.05, 0.1) is 10.5 Å². The standard InChI is InChI=1S/C13H18F2N2O3S/c1-7(13(2,3)4)17-12(18)9-5-8(21(16,19)20)6-10(14)11(9)15/h5-7H,1-4H3,(H,17,18)(H2,16,19,20). The van der Waals surface area contributed by atoms with Gasteiger partial charge in [-0.25, -0.2) is 22.3 Å². The summed E-state index contributed by atoms with van der Waals surface area (Å²) in [5.74, 6) is -3.77. The van der Waals surface area contributed by atoms with Crippen molar-refractivity contribution in [2.45, 2.75) is 38.6 Å². The number of rotatable bonds is 3. The van der Waals surface area contributed by atoms with Crippen LogP contribution in [-0.4, -0.2) is 20.4 Å². The SMILES string of the molecule is CC(NC(=O)c1cc(S(N)(=O)=O)cc(F)c1F)C(C)(C)C. The normalized spacial score (nSPS) is 13.9. The van der Waals surface area contributed by atoms with Crippen LogP contribution in [0.4, 0.5) is 8.78 Å². The second-order valence-corrected chi connectivity index (χ2v) is 7.43. The smallest absolute Gasteiger partial charge is 0.254 e. The van der Waals surface area contributed by atoms with Gasteiger partial charge in [-0.3, -0.25) is 4.79 Å². The van der Waals surface area contributed by atoms with Gasteiger partial charge in [-0.15, -0.1) is 0 Å². The molecule has 0 heterocycles. The maximum Gasteiger partial charge on any atom is 0.254 e. The fraction of sp³-hybridized carbons (Fsp3) is 0.462. The number of hydrogen-bond acceptors (Lipinski definition) is 3. The van der Waals surface area contributed by atoms with Gasteiger partial charge in [0.25, 0.3) is 5.91 Å². The van der Waals surface area contributed by atoms with Crippen LogP contribution in [0.5, 0.6) is 0 Å². The lowest BCUT2D eigenvalue weighted by Gasteiger charge is -2.28. The summed E-state index contributed by atoms with van der Waals surface area (Å²) in [5, 5.41) is 7.37. The van der Waals surface area contributed by atoms with E-state index in [2.05, 4.69) is 5.32 Å². The molecule has 0 aromatic heterocycles. The maximum atomic E-state index is 13.7. The Morgan fingerprint density at radius 1 is 1.29 bits per heavy atom. The molecule has 0 radical (unpaired) electrons. The van der Waals surface area contributed by atoms with E-state index in [1.807, 2.05) is 20.8 Å². The molecule has 1 atom stereocenters. The highest BCUT2D eigenvalue weighted by Gasteiger charge is 2.26. The molecule has 0 fully saturated rings. The number of nitrogens with one attached hydrogen (secondary N) is 1. The van der Waals surface area contributed by atoms with Crippen LogP contribution in [0.2, 0.25) is 0 Å². The zero-order chi connectivity index (χ0) is 16.6. The second kappa shape index (κ2) is 5.69. The number of carbonyl (C=O) groups excluding carboxylic acids is 1. The van der Waals surface area contributed by atoms with E-state index in [0.717, 1.165) is 6.07 Å². The lowest BCUT2D eigenvalue weighted by Crippen LogP contribution is -2.41. The Balaban J connectivity index is 3.24. The highest BCUT2D eigenvalue weighted by atomic mass is 32.2. The molecule has 0 aliphatic rings. The molecule has 3 N–H and O–H groups in total. The van der Waals surface area contributed by atoms with Crippen LogP contribution in [0.15, 0.2) is 17.0 Å². The number of hydrogen-bond donors (Lipinski definition) is 2. The van der Waals surface area contributed by atoms with E-state index in [4.69, 9.17) is 5.14 Å². The Morgan fingerprint density at radius 2 is 1.81 bits per heavy atom. The van der Waals surface area contributed by atoms with Crippen LogP contribution < -0.4 is 10.5 Å². The summed E-state index contributed by atoms with van der Waals surface area (Å²) in [6.45, 7) is 7.27. The molecule has 1 aromatic carbocycles. The molecular weight excluding hydrogens is 302 g/mol. The van der Waals surface area contributed by atoms with E-state index in [1.54, 1.807) is 6.92 Å². The summed E-state index contributed by atoms with van der Waals surface area (Å²) in [4.78, 5) is 11.3. The van der Waals surface area contributed by atoms with Crippen molar-refractivity contribution in [2.75, 3.05) is 0 Å². The van der Waals surface area contributed by atoms with Crippen LogP contribution >= 0.6 is 0 Å². The third kappa shape index (κ3) is 4.21. The summed E-state index contributed by atoms with van der Waals surface area (Å²) in [6, 6.07) is 0.818. The third-order valence-corrected chi connectivity index (χ3v) is 4.11. The molecule has 8 heteroatoms. The van der Waals surface area contributed by atoms with Crippen molar-refractivity contribution in [3.63, 3.8) is 0 Å². The second-order valence-electron chi connectivity index (χ2n) is 5.87. The van der Waals surface area contributed by atoms with Crippen molar-refractivity contribution in [1.82, 2.24) is 5.32 Å². The first-order chi connectivity index (χ1) is 9.34. The molecule has 0 saturated carbocycles. The number of sulfonamides is 1. The Morgan fingerprint density at radius 3 is 2.24 bits per heavy atom. The van der Waals surface area contributed by atoms with Crippen molar-refractivity contribution in [2.24, 2.45) is 10.6 Å². The first-order valence-corrected chi connectivity index (χ1v) is 7.71. The monoisotopic (exact) mass is 320 g/mol. The zero-order valence-corrected chi connectivity index (χ0v) is 13.0. The highest BCUT2D eigenvalue weighted by molar-refractivity contribution is 7.89. The fourth-order valence-corrected chi connectivity index (χ4v) is 1.93. The molecule has 0 saturated heterocycles. The number of primary sulfonamides is 1. The van der Waals surface area contributed by atoms with Crippen molar-refractivity contribution < 1.29 is 22.0 Å². The average molecular weight is 320 g/mol. The number of amides is 1. The van der Waals surface area contributed by atoms with Gasteiger partial charge in [-0.05, 0) is 24.5 Å². The zero-order valence-electron chi connectivity index (χ0n) is 12.2. The van der Waals surface area contributed by atoms with Gasteiger partial charge in [0.2, 0.25) is 10.0 Å². The molecular formula is C13H18F2N2O3S. The molecule has 0 bridgehead atoms. The highest BCUT2D eigenvalue weighted by Crippen LogP contribution is 2.21. The van der Waals surface area contributed by atoms with Gasteiger partial charge in [-0.1, -0.05) is 20.8 Å². The summed E-state index contributed by atoms with van der Waals surface area (Å²) in [7, 11) is -4.24. The van der Waals surface area contributed by atoms with Crippen molar-refractivity contribution in [1.29, 1.82) is 0 Å². The predicted molar refractivity (Wildman–Crippen MR) is 74.1 cm³/mol. The minimum Gasteiger partial charge on any atom is -0.349 e. The quantitative estimate of drug-likeness (QED) is 0.889. The van der Waals surface area contributed by atoms with Gasteiger partial charge in [0.1, 0.15) is 0 Å². The minimum atomic E-state index is -4.24. The van der Waals surface area contributed by atoms with Gasteiger partial charge in [0.15, 0.2) is 11.6 Å². The molecule has 1 amide bonds. The number of carbonyl (C=O) groups is 1. The lowest BCUT2D eigenvalue weighted by molar-refractivity contribution is 0.0904. The van der Waals surface area contributed by atoms with Gasteiger partial charge >= 0.3 is 0 Å². The van der Waals surface area contributed by atoms with Gasteiger partial charge in [-0.2, -0.15) is 0 Å². The van der Waals surface area contributed by atoms with Crippen molar-refractivity contribution in [3.05, 3.63) is 29.3 Å². The van der Waals surface area contributed by atoms with E-state index in [0.29, 0.717) is 6.07 Å². The van der Waals surface area contributed by atoms with Gasteiger partial charge in [0, 0.05) is 6.04 Å². The first-order valence-electron chi connectivity index (χ1n) is 6.16. The average Bonchev–Trinajstić information content (AvgIpc) is 2.29. The molecule has 1 aromatic rings. The molecule has 1 rings (SSSR count). The number of nitrogens with two attached hydrogens (primary N) is 1. The van der Waals surface area contributed by atoms with Crippen LogP contribution in [0.1, 0.15) is 38.1 Å². The van der Waals surface area contributed by atoms with E-state index in [-0.39, 0.29) is 11.5 Å². The third-order valence-electron chi connectivity index (χ3n) is 3.22. The molecule has 21 heavy (non-hydrogen) atoms. The first kappa shape index (κ1) is 17.5.